The maximum absolute atomic E-state index is 13.0. The van der Waals surface area contributed by atoms with Crippen LogP contribution in [0, 0.1) is 0 Å². The van der Waals surface area contributed by atoms with Gasteiger partial charge in [-0.05, 0) is 37.3 Å². The fourth-order valence-corrected chi connectivity index (χ4v) is 4.39. The van der Waals surface area contributed by atoms with Crippen molar-refractivity contribution in [3.8, 4) is 0 Å². The Kier molecular flexibility index (Phi) is 14.3. The zero-order valence-electron chi connectivity index (χ0n) is 24.7. The smallest absolute Gasteiger partial charge is 0.323 e. The van der Waals surface area contributed by atoms with Gasteiger partial charge in [0.25, 0.3) is 0 Å². The van der Waals surface area contributed by atoms with E-state index in [-0.39, 0.29) is 38.5 Å². The van der Waals surface area contributed by atoms with Crippen LogP contribution in [-0.2, 0) is 40.0 Å². The zero-order chi connectivity index (χ0) is 34.2. The van der Waals surface area contributed by atoms with Gasteiger partial charge in [0.2, 0.25) is 41.1 Å². The Morgan fingerprint density at radius 1 is 0.761 bits per heavy atom. The van der Waals surface area contributed by atoms with Gasteiger partial charge in [-0.25, -0.2) is 0 Å². The van der Waals surface area contributed by atoms with Crippen LogP contribution in [0.3, 0.4) is 0 Å². The second-order valence-electron chi connectivity index (χ2n) is 10.3. The Balaban J connectivity index is 2.04. The minimum atomic E-state index is -1.41. The number of H-pyrrole nitrogens is 1. The van der Waals surface area contributed by atoms with Crippen molar-refractivity contribution >= 4 is 64.4 Å². The zero-order valence-corrected chi connectivity index (χ0v) is 24.7. The number of nitrogens with two attached hydrogens (primary N) is 3. The number of aromatic amines is 1. The summed E-state index contributed by atoms with van der Waals surface area (Å²) in [5.41, 5.74) is 35.5. The topological polar surface area (TPSA) is 322 Å². The van der Waals surface area contributed by atoms with Crippen LogP contribution in [0.25, 0.3) is 22.0 Å². The van der Waals surface area contributed by atoms with Gasteiger partial charge in [-0.3, -0.25) is 33.6 Å². The minimum Gasteiger partial charge on any atom is -0.368 e. The number of Topliss-reactive ketones (excluding diaryl/α,β-unsaturated/α-hetero) is 2. The van der Waals surface area contributed by atoms with E-state index in [0.717, 1.165) is 16.5 Å². The average molecular weight is 638 g/mol. The molecule has 0 saturated heterocycles. The van der Waals surface area contributed by atoms with E-state index in [1.54, 1.807) is 6.20 Å². The van der Waals surface area contributed by atoms with Crippen LogP contribution in [0.4, 0.5) is 0 Å². The number of primary amides is 2. The van der Waals surface area contributed by atoms with Crippen molar-refractivity contribution in [2.45, 2.75) is 69.1 Å². The molecule has 10 N–H and O–H groups in total. The quantitative estimate of drug-likeness (QED) is 0.0462. The summed E-state index contributed by atoms with van der Waals surface area (Å²) in [7, 11) is 0. The summed E-state index contributed by atoms with van der Waals surface area (Å²) in [4.78, 5) is 94.2. The molecule has 1 aromatic carbocycles. The first-order valence-corrected chi connectivity index (χ1v) is 14.1. The first-order chi connectivity index (χ1) is 21.9. The van der Waals surface area contributed by atoms with Crippen LogP contribution in [0.1, 0.15) is 44.1 Å². The first kappa shape index (κ1) is 36.4. The molecule has 0 radical (unpaired) electrons. The molecule has 0 unspecified atom stereocenters. The molecule has 0 fully saturated rings. The molecule has 0 aliphatic carbocycles. The summed E-state index contributed by atoms with van der Waals surface area (Å²) in [6.45, 7) is 0. The highest BCUT2D eigenvalue weighted by molar-refractivity contribution is 6.25. The number of hydrogen-bond acceptors (Lipinski definition) is 8. The highest BCUT2D eigenvalue weighted by atomic mass is 16.2. The second-order valence-corrected chi connectivity index (χ2v) is 10.3. The molecule has 2 aromatic rings. The number of aromatic nitrogens is 1. The SMILES string of the molecule is [N-]=[N+]=CC(=O)CC[C@H](NC(=O)[C@H](CCC(=O)C=[N+]=[N-])NC(=O)CC[C@H](NC(=O)[C@@H](N)Cc1c[nH]c2ccccc12)C(N)=O)C(N)=O. The summed E-state index contributed by atoms with van der Waals surface area (Å²) in [5, 5.41) is 8.00. The van der Waals surface area contributed by atoms with Crippen molar-refractivity contribution < 1.29 is 43.1 Å². The predicted octanol–water partition coefficient (Wildman–Crippen LogP) is -2.46. The highest BCUT2D eigenvalue weighted by Crippen LogP contribution is 2.19. The Morgan fingerprint density at radius 3 is 1.85 bits per heavy atom. The molecule has 18 heteroatoms. The Morgan fingerprint density at radius 2 is 1.28 bits per heavy atom. The average Bonchev–Trinajstić information content (AvgIpc) is 3.41. The van der Waals surface area contributed by atoms with Crippen molar-refractivity contribution in [1.29, 1.82) is 0 Å². The van der Waals surface area contributed by atoms with E-state index in [2.05, 4.69) is 30.5 Å². The summed E-state index contributed by atoms with van der Waals surface area (Å²) < 4.78 is 0. The third-order valence-electron chi connectivity index (χ3n) is 6.85. The van der Waals surface area contributed by atoms with Crippen LogP contribution in [0.2, 0.25) is 0 Å². The van der Waals surface area contributed by atoms with Gasteiger partial charge in [0.15, 0.2) is 0 Å². The van der Waals surface area contributed by atoms with Crippen LogP contribution in [0.5, 0.6) is 0 Å². The van der Waals surface area contributed by atoms with Crippen LogP contribution < -0.4 is 33.2 Å². The summed E-state index contributed by atoms with van der Waals surface area (Å²) >= 11 is 0. The van der Waals surface area contributed by atoms with Gasteiger partial charge in [0.05, 0.1) is 6.04 Å². The molecule has 1 aromatic heterocycles. The monoisotopic (exact) mass is 637 g/mol. The lowest BCUT2D eigenvalue weighted by Crippen LogP contribution is -2.53. The van der Waals surface area contributed by atoms with Crippen molar-refractivity contribution in [3.05, 3.63) is 47.1 Å². The largest absolute Gasteiger partial charge is 0.368 e. The lowest BCUT2D eigenvalue weighted by molar-refractivity contribution is -0.132. The standard InChI is InChI=1S/C28H35N11O7/c29-19(11-15-12-34-20-4-2-1-3-18(15)20)27(45)38-22(26(31)44)9-10-24(42)37-23(8-6-17(41)14-36-33)28(46)39-21(25(30)43)7-5-16(40)13-35-32/h1-4,12-14,19,21-23,34H,5-11,29H2,(H2,30,43)(H2,31,44)(H,37,42)(H,38,45)(H,39,46)/t19-,21-,22-,23-/m0/s1. The Hall–Kier alpha value is -5.83. The Labute approximate surface area is 262 Å². The van der Waals surface area contributed by atoms with Crippen molar-refractivity contribution in [1.82, 2.24) is 20.9 Å². The first-order valence-electron chi connectivity index (χ1n) is 14.1. The number of nitrogens with zero attached hydrogens (tertiary/aromatic N) is 4. The van der Waals surface area contributed by atoms with Crippen LogP contribution in [0.15, 0.2) is 30.5 Å². The third kappa shape index (κ3) is 11.7. The lowest BCUT2D eigenvalue weighted by Gasteiger charge is -2.22. The summed E-state index contributed by atoms with van der Waals surface area (Å²) in [6, 6.07) is 2.31. The van der Waals surface area contributed by atoms with Crippen molar-refractivity contribution in [2.75, 3.05) is 0 Å². The number of fused-ring (bicyclic) bond motifs is 1. The number of para-hydroxylation sites is 1. The number of hydrogen-bond donors (Lipinski definition) is 7. The molecule has 0 saturated carbocycles. The summed E-state index contributed by atoms with van der Waals surface area (Å²) in [5.74, 6) is -5.68. The molecular formula is C28H35N11O7. The van der Waals surface area contributed by atoms with Crippen molar-refractivity contribution in [3.63, 3.8) is 0 Å². The van der Waals surface area contributed by atoms with Gasteiger partial charge in [0, 0.05) is 36.4 Å². The maximum Gasteiger partial charge on any atom is 0.323 e. The van der Waals surface area contributed by atoms with Crippen molar-refractivity contribution in [2.24, 2.45) is 17.2 Å². The predicted molar refractivity (Wildman–Crippen MR) is 161 cm³/mol. The number of nitrogens with one attached hydrogen (secondary N) is 4. The van der Waals surface area contributed by atoms with Gasteiger partial charge in [-0.15, -0.1) is 0 Å². The molecule has 4 atom stereocenters. The fraction of sp³-hybridized carbons (Fsp3) is 0.393. The molecular weight excluding hydrogens is 602 g/mol. The molecule has 5 amide bonds. The fourth-order valence-electron chi connectivity index (χ4n) is 4.39. The molecule has 1 heterocycles. The van der Waals surface area contributed by atoms with E-state index in [4.69, 9.17) is 28.3 Å². The Bertz CT molecular complexity index is 1570. The number of rotatable bonds is 20. The van der Waals surface area contributed by atoms with Crippen LogP contribution >= 0.6 is 0 Å². The molecule has 244 valence electrons. The van der Waals surface area contributed by atoms with E-state index < -0.39 is 71.7 Å². The maximum atomic E-state index is 13.0. The molecule has 0 aliphatic rings. The van der Waals surface area contributed by atoms with E-state index in [1.165, 1.54) is 0 Å². The molecule has 0 aliphatic heterocycles. The molecule has 46 heavy (non-hydrogen) atoms. The van der Waals surface area contributed by atoms with E-state index in [9.17, 15) is 33.6 Å². The molecule has 0 bridgehead atoms. The molecule has 0 spiro atoms. The summed E-state index contributed by atoms with van der Waals surface area (Å²) in [6.07, 6.45) is 1.17. The highest BCUT2D eigenvalue weighted by Gasteiger charge is 2.28. The number of ketones is 2. The van der Waals surface area contributed by atoms with Gasteiger partial charge in [0.1, 0.15) is 18.1 Å². The third-order valence-corrected chi connectivity index (χ3v) is 6.85. The molecule has 2 rings (SSSR count). The van der Waals surface area contributed by atoms with Gasteiger partial charge >= 0.3 is 12.4 Å². The van der Waals surface area contributed by atoms with E-state index in [1.807, 2.05) is 24.3 Å². The van der Waals surface area contributed by atoms with E-state index >= 15 is 0 Å². The number of carbonyl (C=O) groups is 7. The number of benzene rings is 1. The minimum absolute atomic E-state index is 0.147. The van der Waals surface area contributed by atoms with Crippen LogP contribution in [-0.4, -0.2) is 92.3 Å². The second kappa shape index (κ2) is 18.1. The molecule has 18 nitrogen and oxygen atoms in total. The lowest BCUT2D eigenvalue weighted by atomic mass is 10.0. The number of amides is 5. The number of carbonyl (C=O) groups excluding carboxylic acids is 7. The normalized spacial score (nSPS) is 13.1. The van der Waals surface area contributed by atoms with Gasteiger partial charge in [-0.1, -0.05) is 18.2 Å². The van der Waals surface area contributed by atoms with E-state index in [0.29, 0.717) is 12.4 Å². The van der Waals surface area contributed by atoms with Gasteiger partial charge in [-0.2, -0.15) is 9.58 Å². The van der Waals surface area contributed by atoms with Gasteiger partial charge < -0.3 is 49.2 Å².